The van der Waals surface area contributed by atoms with E-state index in [-0.39, 0.29) is 12.8 Å². The molecule has 7 nitrogen and oxygen atoms in total. The number of likely N-dealkylation sites (tertiary alicyclic amines) is 1. The average molecular weight is 372 g/mol. The summed E-state index contributed by atoms with van der Waals surface area (Å²) < 4.78 is 10.6. The molecule has 0 atom stereocenters. The zero-order chi connectivity index (χ0) is 17.5. The van der Waals surface area contributed by atoms with E-state index in [9.17, 15) is 4.79 Å². The van der Waals surface area contributed by atoms with E-state index in [0.717, 1.165) is 36.6 Å². The highest BCUT2D eigenvalue weighted by atomic mass is 32.1. The van der Waals surface area contributed by atoms with E-state index >= 15 is 0 Å². The number of carbonyl (C=O) groups excluding carboxylic acids is 1. The smallest absolute Gasteiger partial charge is 0.321 e. The van der Waals surface area contributed by atoms with E-state index in [1.165, 1.54) is 17.8 Å². The van der Waals surface area contributed by atoms with Crippen LogP contribution in [0.1, 0.15) is 47.5 Å². The summed E-state index contributed by atoms with van der Waals surface area (Å²) >= 11 is 1.77. The lowest BCUT2D eigenvalue weighted by Gasteiger charge is -2.31. The third-order valence-electron chi connectivity index (χ3n) is 5.14. The van der Waals surface area contributed by atoms with Crippen LogP contribution in [0, 0.1) is 0 Å². The van der Waals surface area contributed by atoms with Crippen molar-refractivity contribution in [2.75, 3.05) is 25.2 Å². The molecule has 1 N–H and O–H groups in total. The fourth-order valence-corrected chi connectivity index (χ4v) is 4.60. The lowest BCUT2D eigenvalue weighted by Crippen LogP contribution is -2.40. The Balaban J connectivity index is 1.17. The third kappa shape index (κ3) is 3.09. The van der Waals surface area contributed by atoms with E-state index in [0.29, 0.717) is 23.3 Å². The molecule has 2 amide bonds. The molecular formula is C18H20N4O3S. The van der Waals surface area contributed by atoms with Gasteiger partial charge in [0.05, 0.1) is 0 Å². The van der Waals surface area contributed by atoms with Crippen LogP contribution in [0.25, 0.3) is 0 Å². The maximum atomic E-state index is 12.5. The second-order valence-electron chi connectivity index (χ2n) is 7.01. The van der Waals surface area contributed by atoms with Crippen molar-refractivity contribution in [2.45, 2.75) is 37.5 Å². The van der Waals surface area contributed by atoms with Gasteiger partial charge in [0.15, 0.2) is 11.5 Å². The van der Waals surface area contributed by atoms with Gasteiger partial charge < -0.3 is 19.7 Å². The Morgan fingerprint density at radius 3 is 2.46 bits per heavy atom. The van der Waals surface area contributed by atoms with Crippen molar-refractivity contribution >= 4 is 23.1 Å². The monoisotopic (exact) mass is 372 g/mol. The Morgan fingerprint density at radius 1 is 1.04 bits per heavy atom. The minimum Gasteiger partial charge on any atom is -0.454 e. The summed E-state index contributed by atoms with van der Waals surface area (Å²) in [5.41, 5.74) is 0.722. The van der Waals surface area contributed by atoms with Gasteiger partial charge in [-0.15, -0.1) is 21.5 Å². The molecule has 1 saturated carbocycles. The number of aromatic nitrogens is 2. The predicted octanol–water partition coefficient (Wildman–Crippen LogP) is 3.56. The number of carbonyl (C=O) groups is 1. The van der Waals surface area contributed by atoms with E-state index in [1.54, 1.807) is 17.4 Å². The van der Waals surface area contributed by atoms with Crippen molar-refractivity contribution in [3.8, 4) is 11.5 Å². The van der Waals surface area contributed by atoms with Gasteiger partial charge in [-0.05, 0) is 37.8 Å². The number of anilines is 1. The van der Waals surface area contributed by atoms with Crippen LogP contribution in [0.2, 0.25) is 0 Å². The molecule has 26 heavy (non-hydrogen) atoms. The van der Waals surface area contributed by atoms with Crippen LogP contribution in [0.3, 0.4) is 0 Å². The van der Waals surface area contributed by atoms with Gasteiger partial charge in [-0.1, -0.05) is 0 Å². The van der Waals surface area contributed by atoms with Crippen molar-refractivity contribution in [3.63, 3.8) is 0 Å². The molecule has 0 spiro atoms. The molecule has 1 saturated heterocycles. The Kier molecular flexibility index (Phi) is 3.92. The zero-order valence-electron chi connectivity index (χ0n) is 14.3. The van der Waals surface area contributed by atoms with Gasteiger partial charge in [-0.25, -0.2) is 4.79 Å². The number of rotatable bonds is 3. The molecule has 1 aromatic carbocycles. The first-order chi connectivity index (χ1) is 12.8. The lowest BCUT2D eigenvalue weighted by molar-refractivity contribution is 0.174. The summed E-state index contributed by atoms with van der Waals surface area (Å²) in [6.45, 7) is 1.70. The second-order valence-corrected chi connectivity index (χ2v) is 8.05. The lowest BCUT2D eigenvalue weighted by atomic mass is 9.98. The SMILES string of the molecule is O=C(Nc1ccc2c(c1)OCO2)N1CCC(c2nnc(C3CC3)s2)CC1. The normalized spacial score (nSPS) is 19.6. The van der Waals surface area contributed by atoms with E-state index in [1.807, 2.05) is 17.0 Å². The maximum Gasteiger partial charge on any atom is 0.321 e. The molecule has 3 aliphatic rings. The van der Waals surface area contributed by atoms with Gasteiger partial charge in [0.2, 0.25) is 6.79 Å². The van der Waals surface area contributed by atoms with Crippen molar-refractivity contribution in [1.82, 2.24) is 15.1 Å². The van der Waals surface area contributed by atoms with Gasteiger partial charge in [-0.2, -0.15) is 0 Å². The van der Waals surface area contributed by atoms with Crippen molar-refractivity contribution in [3.05, 3.63) is 28.2 Å². The molecule has 5 rings (SSSR count). The van der Waals surface area contributed by atoms with Gasteiger partial charge in [0.25, 0.3) is 0 Å². The van der Waals surface area contributed by atoms with E-state index in [2.05, 4.69) is 15.5 Å². The molecule has 136 valence electrons. The van der Waals surface area contributed by atoms with Crippen LogP contribution in [0.15, 0.2) is 18.2 Å². The van der Waals surface area contributed by atoms with Crippen LogP contribution in [0.5, 0.6) is 11.5 Å². The molecular weight excluding hydrogens is 352 g/mol. The first-order valence-corrected chi connectivity index (χ1v) is 9.87. The van der Waals surface area contributed by atoms with Crippen molar-refractivity contribution < 1.29 is 14.3 Å². The fraction of sp³-hybridized carbons (Fsp3) is 0.500. The minimum absolute atomic E-state index is 0.0711. The summed E-state index contributed by atoms with van der Waals surface area (Å²) in [7, 11) is 0. The molecule has 2 aromatic rings. The van der Waals surface area contributed by atoms with Crippen LogP contribution in [-0.4, -0.2) is 41.0 Å². The molecule has 1 aliphatic carbocycles. The van der Waals surface area contributed by atoms with Gasteiger partial charge >= 0.3 is 6.03 Å². The number of ether oxygens (including phenoxy) is 2. The number of fused-ring (bicyclic) bond motifs is 1. The maximum absolute atomic E-state index is 12.5. The average Bonchev–Trinajstić information content (AvgIpc) is 3.21. The summed E-state index contributed by atoms with van der Waals surface area (Å²) in [5.74, 6) is 2.47. The number of benzene rings is 1. The summed E-state index contributed by atoms with van der Waals surface area (Å²) in [5, 5.41) is 14.0. The second kappa shape index (κ2) is 6.42. The fourth-order valence-electron chi connectivity index (χ4n) is 3.41. The topological polar surface area (TPSA) is 76.6 Å². The van der Waals surface area contributed by atoms with Crippen LogP contribution < -0.4 is 14.8 Å². The first kappa shape index (κ1) is 15.9. The quantitative estimate of drug-likeness (QED) is 0.891. The Bertz CT molecular complexity index is 828. The van der Waals surface area contributed by atoms with Crippen molar-refractivity contribution in [2.24, 2.45) is 0 Å². The number of hydrogen-bond acceptors (Lipinski definition) is 6. The summed E-state index contributed by atoms with van der Waals surface area (Å²) in [4.78, 5) is 14.4. The number of nitrogens with zero attached hydrogens (tertiary/aromatic N) is 3. The Morgan fingerprint density at radius 2 is 1.73 bits per heavy atom. The molecule has 1 aromatic heterocycles. The molecule has 0 radical (unpaired) electrons. The van der Waals surface area contributed by atoms with Gasteiger partial charge in [0, 0.05) is 36.7 Å². The minimum atomic E-state index is -0.0711. The van der Waals surface area contributed by atoms with E-state index in [4.69, 9.17) is 9.47 Å². The van der Waals surface area contributed by atoms with Gasteiger partial charge in [-0.3, -0.25) is 0 Å². The first-order valence-electron chi connectivity index (χ1n) is 9.05. The van der Waals surface area contributed by atoms with Gasteiger partial charge in [0.1, 0.15) is 10.0 Å². The third-order valence-corrected chi connectivity index (χ3v) is 6.39. The Hall–Kier alpha value is -2.35. The number of piperidine rings is 1. The molecule has 0 unspecified atom stereocenters. The molecule has 8 heteroatoms. The molecule has 0 bridgehead atoms. The highest BCUT2D eigenvalue weighted by Gasteiger charge is 2.31. The van der Waals surface area contributed by atoms with Crippen LogP contribution >= 0.6 is 11.3 Å². The number of nitrogens with one attached hydrogen (secondary N) is 1. The van der Waals surface area contributed by atoms with Crippen LogP contribution in [-0.2, 0) is 0 Å². The predicted molar refractivity (Wildman–Crippen MR) is 97.0 cm³/mol. The molecule has 2 fully saturated rings. The van der Waals surface area contributed by atoms with Crippen LogP contribution in [0.4, 0.5) is 10.5 Å². The number of amides is 2. The number of urea groups is 1. The standard InChI is InChI=1S/C18H20N4O3S/c23-18(19-13-3-4-14-15(9-13)25-10-24-14)22-7-5-12(6-8-22)17-21-20-16(26-17)11-1-2-11/h3-4,9,11-12H,1-2,5-8,10H2,(H,19,23). The molecule has 3 heterocycles. The Labute approximate surface area is 155 Å². The number of hydrogen-bond donors (Lipinski definition) is 1. The van der Waals surface area contributed by atoms with Crippen molar-refractivity contribution in [1.29, 1.82) is 0 Å². The largest absolute Gasteiger partial charge is 0.454 e. The molecule has 2 aliphatic heterocycles. The summed E-state index contributed by atoms with van der Waals surface area (Å²) in [6.07, 6.45) is 4.39. The summed E-state index contributed by atoms with van der Waals surface area (Å²) in [6, 6.07) is 5.38. The zero-order valence-corrected chi connectivity index (χ0v) is 15.1. The highest BCUT2D eigenvalue weighted by Crippen LogP contribution is 2.43. The highest BCUT2D eigenvalue weighted by molar-refractivity contribution is 7.11. The van der Waals surface area contributed by atoms with E-state index < -0.39 is 0 Å².